The van der Waals surface area contributed by atoms with E-state index in [1.165, 1.54) is 7.11 Å². The number of halogens is 2. The van der Waals surface area contributed by atoms with Crippen LogP contribution in [0.1, 0.15) is 11.3 Å². The maximum atomic E-state index is 6.01. The van der Waals surface area contributed by atoms with Crippen LogP contribution in [0.15, 0.2) is 41.9 Å². The number of hydrogen-bond donors (Lipinski definition) is 0. The van der Waals surface area contributed by atoms with Gasteiger partial charge in [-0.05, 0) is 12.1 Å². The molecule has 0 atom stereocenters. The summed E-state index contributed by atoms with van der Waals surface area (Å²) >= 11 is 11.9. The first kappa shape index (κ1) is 13.8. The molecule has 0 radical (unpaired) electrons. The number of nitrogens with zero attached hydrogens (tertiary/aromatic N) is 3. The Balaban J connectivity index is 2.30. The number of rotatable bonds is 4. The van der Waals surface area contributed by atoms with Gasteiger partial charge in [-0.15, -0.1) is 0 Å². The van der Waals surface area contributed by atoms with Gasteiger partial charge in [0.1, 0.15) is 7.11 Å². The van der Waals surface area contributed by atoms with E-state index in [1.807, 2.05) is 6.07 Å². The number of aromatic nitrogens is 2. The summed E-state index contributed by atoms with van der Waals surface area (Å²) in [4.78, 5) is 13.1. The zero-order chi connectivity index (χ0) is 13.7. The normalized spacial score (nSPS) is 11.4. The Bertz CT molecular complexity index is 588. The molecule has 2 aromatic rings. The van der Waals surface area contributed by atoms with E-state index < -0.39 is 0 Å². The lowest BCUT2D eigenvalue weighted by Gasteiger charge is -2.06. The zero-order valence-electron chi connectivity index (χ0n) is 10.2. The second kappa shape index (κ2) is 6.50. The van der Waals surface area contributed by atoms with Crippen LogP contribution in [0, 0.1) is 0 Å². The van der Waals surface area contributed by atoms with Crippen molar-refractivity contribution in [1.82, 2.24) is 9.97 Å². The van der Waals surface area contributed by atoms with Crippen LogP contribution in [-0.2, 0) is 11.3 Å². The fourth-order valence-corrected chi connectivity index (χ4v) is 1.86. The molecular formula is C13H11Cl2N3O. The number of hydrogen-bond acceptors (Lipinski definition) is 4. The smallest absolute Gasteiger partial charge is 0.106 e. The minimum Gasteiger partial charge on any atom is -0.399 e. The molecule has 6 heteroatoms. The van der Waals surface area contributed by atoms with Crippen LogP contribution in [-0.4, -0.2) is 22.8 Å². The third-order valence-corrected chi connectivity index (χ3v) is 3.16. The highest BCUT2D eigenvalue weighted by molar-refractivity contribution is 6.42. The van der Waals surface area contributed by atoms with Gasteiger partial charge in [0.2, 0.25) is 0 Å². The lowest BCUT2D eigenvalue weighted by molar-refractivity contribution is 0.213. The molecule has 0 aliphatic rings. The van der Waals surface area contributed by atoms with E-state index >= 15 is 0 Å². The topological polar surface area (TPSA) is 47.4 Å². The Labute approximate surface area is 121 Å². The van der Waals surface area contributed by atoms with Crippen LogP contribution in [0.2, 0.25) is 10.0 Å². The summed E-state index contributed by atoms with van der Waals surface area (Å²) in [6.45, 7) is 0. The first-order valence-corrected chi connectivity index (χ1v) is 6.26. The average Bonchev–Trinajstić information content (AvgIpc) is 2.43. The van der Waals surface area contributed by atoms with Crippen molar-refractivity contribution in [1.29, 1.82) is 0 Å². The van der Waals surface area contributed by atoms with Crippen LogP contribution >= 0.6 is 23.2 Å². The van der Waals surface area contributed by atoms with Gasteiger partial charge in [-0.2, -0.15) is 0 Å². The molecule has 1 heterocycles. The molecule has 1 aromatic heterocycles. The summed E-state index contributed by atoms with van der Waals surface area (Å²) in [5, 5.41) is 4.98. The van der Waals surface area contributed by atoms with Gasteiger partial charge >= 0.3 is 0 Å². The first-order chi connectivity index (χ1) is 9.20. The summed E-state index contributed by atoms with van der Waals surface area (Å²) in [5.41, 5.74) is 2.34. The maximum Gasteiger partial charge on any atom is 0.106 e. The van der Waals surface area contributed by atoms with E-state index in [1.54, 1.807) is 30.7 Å². The predicted molar refractivity (Wildman–Crippen MR) is 75.7 cm³/mol. The van der Waals surface area contributed by atoms with Crippen molar-refractivity contribution in [3.63, 3.8) is 0 Å². The average molecular weight is 296 g/mol. The molecule has 0 unspecified atom stereocenters. The van der Waals surface area contributed by atoms with Gasteiger partial charge in [0.05, 0.1) is 21.5 Å². The van der Waals surface area contributed by atoms with Gasteiger partial charge in [0.25, 0.3) is 0 Å². The quantitative estimate of drug-likeness (QED) is 0.642. The molecular weight excluding hydrogens is 285 g/mol. The maximum absolute atomic E-state index is 6.01. The Kier molecular flexibility index (Phi) is 4.71. The summed E-state index contributed by atoms with van der Waals surface area (Å²) < 4.78 is 0. The molecule has 0 amide bonds. The molecule has 0 saturated heterocycles. The molecule has 0 bridgehead atoms. The molecule has 0 saturated carbocycles. The fraction of sp³-hybridized carbons (Fsp3) is 0.154. The van der Waals surface area contributed by atoms with E-state index in [0.717, 1.165) is 11.3 Å². The van der Waals surface area contributed by atoms with Crippen molar-refractivity contribution in [3.8, 4) is 0 Å². The SMILES string of the molecule is CON=C(Cc1cnccn1)c1ccc(Cl)c(Cl)c1. The van der Waals surface area contributed by atoms with Crippen LogP contribution in [0.3, 0.4) is 0 Å². The monoisotopic (exact) mass is 295 g/mol. The number of benzene rings is 1. The molecule has 0 N–H and O–H groups in total. The van der Waals surface area contributed by atoms with Gasteiger partial charge in [-0.25, -0.2) is 0 Å². The fourth-order valence-electron chi connectivity index (χ4n) is 1.57. The van der Waals surface area contributed by atoms with Crippen molar-refractivity contribution >= 4 is 28.9 Å². The molecule has 0 spiro atoms. The molecule has 1 aromatic carbocycles. The minimum absolute atomic E-state index is 0.474. The van der Waals surface area contributed by atoms with Crippen molar-refractivity contribution in [3.05, 3.63) is 58.1 Å². The second-order valence-electron chi connectivity index (χ2n) is 3.72. The van der Waals surface area contributed by atoms with Crippen molar-refractivity contribution in [2.24, 2.45) is 5.16 Å². The summed E-state index contributed by atoms with van der Waals surface area (Å²) in [7, 11) is 1.49. The van der Waals surface area contributed by atoms with Crippen LogP contribution < -0.4 is 0 Å². The molecule has 0 fully saturated rings. The van der Waals surface area contributed by atoms with Gasteiger partial charge in [-0.3, -0.25) is 9.97 Å². The molecule has 0 aliphatic carbocycles. The Hall–Kier alpha value is -1.65. The van der Waals surface area contributed by atoms with Gasteiger partial charge in [0, 0.05) is 30.6 Å². The minimum atomic E-state index is 0.474. The van der Waals surface area contributed by atoms with E-state index in [4.69, 9.17) is 28.0 Å². The highest BCUT2D eigenvalue weighted by Crippen LogP contribution is 2.23. The Morgan fingerprint density at radius 3 is 2.74 bits per heavy atom. The first-order valence-electron chi connectivity index (χ1n) is 5.51. The van der Waals surface area contributed by atoms with Crippen LogP contribution in [0.25, 0.3) is 0 Å². The zero-order valence-corrected chi connectivity index (χ0v) is 11.7. The Morgan fingerprint density at radius 2 is 2.11 bits per heavy atom. The highest BCUT2D eigenvalue weighted by atomic mass is 35.5. The molecule has 2 rings (SSSR count). The third kappa shape index (κ3) is 3.66. The molecule has 4 nitrogen and oxygen atoms in total. The predicted octanol–water partition coefficient (Wildman–Crippen LogP) is 3.38. The van der Waals surface area contributed by atoms with Gasteiger partial charge in [0.15, 0.2) is 0 Å². The van der Waals surface area contributed by atoms with Crippen LogP contribution in [0.5, 0.6) is 0 Å². The van der Waals surface area contributed by atoms with Gasteiger partial charge < -0.3 is 4.84 Å². The summed E-state index contributed by atoms with van der Waals surface area (Å²) in [6.07, 6.45) is 5.44. The second-order valence-corrected chi connectivity index (χ2v) is 4.54. The molecule has 19 heavy (non-hydrogen) atoms. The van der Waals surface area contributed by atoms with E-state index in [-0.39, 0.29) is 0 Å². The van der Waals surface area contributed by atoms with Crippen molar-refractivity contribution < 1.29 is 4.84 Å². The molecule has 98 valence electrons. The van der Waals surface area contributed by atoms with E-state index in [0.29, 0.717) is 22.2 Å². The third-order valence-electron chi connectivity index (χ3n) is 2.42. The van der Waals surface area contributed by atoms with Crippen molar-refractivity contribution in [2.45, 2.75) is 6.42 Å². The standard InChI is InChI=1S/C13H11Cl2N3O/c1-19-18-13(7-10-8-16-4-5-17-10)9-2-3-11(14)12(15)6-9/h2-6,8H,7H2,1H3. The summed E-state index contributed by atoms with van der Waals surface area (Å²) in [6, 6.07) is 5.31. The molecule has 0 aliphatic heterocycles. The largest absolute Gasteiger partial charge is 0.399 e. The Morgan fingerprint density at radius 1 is 1.26 bits per heavy atom. The van der Waals surface area contributed by atoms with Gasteiger partial charge in [-0.1, -0.05) is 34.4 Å². The van der Waals surface area contributed by atoms with Crippen LogP contribution in [0.4, 0.5) is 0 Å². The summed E-state index contributed by atoms with van der Waals surface area (Å²) in [5.74, 6) is 0. The van der Waals surface area contributed by atoms with Crippen molar-refractivity contribution in [2.75, 3.05) is 7.11 Å². The lowest BCUT2D eigenvalue weighted by Crippen LogP contribution is -2.07. The van der Waals surface area contributed by atoms with E-state index in [9.17, 15) is 0 Å². The van der Waals surface area contributed by atoms with E-state index in [2.05, 4.69) is 15.1 Å². The lowest BCUT2D eigenvalue weighted by atomic mass is 10.1. The highest BCUT2D eigenvalue weighted by Gasteiger charge is 2.09. The number of oxime groups is 1.